The van der Waals surface area contributed by atoms with Gasteiger partial charge in [0, 0.05) is 36.5 Å². The monoisotopic (exact) mass is 561 g/mol. The molecule has 0 atom stereocenters. The van der Waals surface area contributed by atoms with E-state index in [9.17, 15) is 22.7 Å². The zero-order valence-electron chi connectivity index (χ0n) is 21.8. The number of anilines is 1. The van der Waals surface area contributed by atoms with Crippen molar-refractivity contribution >= 4 is 32.5 Å². The van der Waals surface area contributed by atoms with E-state index in [0.29, 0.717) is 16.9 Å². The van der Waals surface area contributed by atoms with Gasteiger partial charge >= 0.3 is 0 Å². The first-order chi connectivity index (χ1) is 19.1. The van der Waals surface area contributed by atoms with Crippen LogP contribution in [0, 0.1) is 11.2 Å². The van der Waals surface area contributed by atoms with Gasteiger partial charge in [0.1, 0.15) is 11.6 Å². The van der Waals surface area contributed by atoms with Crippen molar-refractivity contribution in [3.05, 3.63) is 77.9 Å². The molecule has 11 heteroatoms. The standard InChI is InChI=1S/C29H28FN5O4S/c1-40(38,39)23-10-19(9-20(30)11-23)28(37)32-16-21-12-26-18(15-31-21)5-6-25(33-26)24-3-2-4-27(34-24)35-8-7-29(17-35)13-22(36)14-29/h2-6,9-12,15,22,36H,7-8,13-14,16-17H2,1H3,(H,32,37). The van der Waals surface area contributed by atoms with E-state index in [1.807, 2.05) is 30.3 Å². The Morgan fingerprint density at radius 1 is 1.12 bits per heavy atom. The van der Waals surface area contributed by atoms with Crippen LogP contribution in [0.3, 0.4) is 0 Å². The van der Waals surface area contributed by atoms with Gasteiger partial charge in [-0.05, 0) is 73.2 Å². The van der Waals surface area contributed by atoms with Crippen LogP contribution < -0.4 is 10.2 Å². The number of fused-ring (bicyclic) bond motifs is 1. The molecule has 4 aromatic rings. The number of nitrogens with zero attached hydrogens (tertiary/aromatic N) is 4. The minimum atomic E-state index is -3.67. The lowest BCUT2D eigenvalue weighted by Crippen LogP contribution is -2.42. The maximum atomic E-state index is 13.9. The minimum absolute atomic E-state index is 0.0462. The fraction of sp³-hybridized carbons (Fsp3) is 0.310. The third kappa shape index (κ3) is 5.26. The Morgan fingerprint density at radius 2 is 1.93 bits per heavy atom. The third-order valence-electron chi connectivity index (χ3n) is 7.72. The average molecular weight is 562 g/mol. The van der Waals surface area contributed by atoms with Gasteiger partial charge in [-0.15, -0.1) is 0 Å². The van der Waals surface area contributed by atoms with E-state index < -0.39 is 21.6 Å². The number of nitrogens with one attached hydrogen (secondary N) is 1. The summed E-state index contributed by atoms with van der Waals surface area (Å²) in [6.45, 7) is 1.86. The number of hydrogen-bond donors (Lipinski definition) is 2. The lowest BCUT2D eigenvalue weighted by Gasteiger charge is -2.42. The van der Waals surface area contributed by atoms with Crippen LogP contribution in [-0.2, 0) is 16.4 Å². The Balaban J connectivity index is 1.18. The first kappa shape index (κ1) is 26.3. The van der Waals surface area contributed by atoms with Crippen LogP contribution >= 0.6 is 0 Å². The zero-order valence-corrected chi connectivity index (χ0v) is 22.7. The number of benzene rings is 1. The molecule has 1 spiro atoms. The molecule has 6 rings (SSSR count). The first-order valence-corrected chi connectivity index (χ1v) is 14.9. The number of carbonyl (C=O) groups excluding carboxylic acids is 1. The molecule has 1 aliphatic heterocycles. The highest BCUT2D eigenvalue weighted by Gasteiger charge is 2.48. The number of carbonyl (C=O) groups is 1. The van der Waals surface area contributed by atoms with Gasteiger partial charge in [-0.2, -0.15) is 0 Å². The van der Waals surface area contributed by atoms with Gasteiger partial charge in [0.15, 0.2) is 9.84 Å². The summed E-state index contributed by atoms with van der Waals surface area (Å²) in [7, 11) is -3.67. The summed E-state index contributed by atoms with van der Waals surface area (Å²) in [4.78, 5) is 28.7. The molecule has 0 radical (unpaired) electrons. The summed E-state index contributed by atoms with van der Waals surface area (Å²) in [6.07, 6.45) is 5.22. The van der Waals surface area contributed by atoms with Crippen LogP contribution in [0.2, 0.25) is 0 Å². The molecule has 1 aromatic carbocycles. The van der Waals surface area contributed by atoms with Crippen molar-refractivity contribution in [2.75, 3.05) is 24.2 Å². The molecular formula is C29H28FN5O4S. The van der Waals surface area contributed by atoms with Gasteiger partial charge in [0.25, 0.3) is 5.91 Å². The number of sulfone groups is 1. The number of aliphatic hydroxyl groups excluding tert-OH is 1. The number of amides is 1. The fourth-order valence-corrected chi connectivity index (χ4v) is 6.29. The van der Waals surface area contributed by atoms with Gasteiger partial charge in [-0.1, -0.05) is 6.07 Å². The lowest BCUT2D eigenvalue weighted by molar-refractivity contribution is -0.0179. The Kier molecular flexibility index (Phi) is 6.50. The molecule has 0 bridgehead atoms. The molecule has 206 valence electrons. The smallest absolute Gasteiger partial charge is 0.251 e. The summed E-state index contributed by atoms with van der Waals surface area (Å²) in [6, 6.07) is 14.5. The van der Waals surface area contributed by atoms with Crippen molar-refractivity contribution in [2.45, 2.75) is 36.8 Å². The molecule has 2 aliphatic rings. The third-order valence-corrected chi connectivity index (χ3v) is 8.81. The molecule has 1 aliphatic carbocycles. The predicted molar refractivity (Wildman–Crippen MR) is 148 cm³/mol. The molecule has 2 fully saturated rings. The zero-order chi connectivity index (χ0) is 28.1. The number of aromatic nitrogens is 3. The van der Waals surface area contributed by atoms with E-state index in [2.05, 4.69) is 15.2 Å². The van der Waals surface area contributed by atoms with E-state index in [0.717, 1.165) is 73.7 Å². The molecule has 1 amide bonds. The summed E-state index contributed by atoms with van der Waals surface area (Å²) in [5.74, 6) is -0.529. The van der Waals surface area contributed by atoms with Gasteiger partial charge in [0.05, 0.1) is 40.1 Å². The maximum Gasteiger partial charge on any atom is 0.251 e. The van der Waals surface area contributed by atoms with Crippen LogP contribution in [0.15, 0.2) is 65.7 Å². The van der Waals surface area contributed by atoms with Crippen molar-refractivity contribution in [3.8, 4) is 11.4 Å². The summed E-state index contributed by atoms with van der Waals surface area (Å²) >= 11 is 0. The summed E-state index contributed by atoms with van der Waals surface area (Å²) in [5, 5.41) is 13.3. The van der Waals surface area contributed by atoms with Gasteiger partial charge in [-0.3, -0.25) is 9.78 Å². The number of aliphatic hydroxyl groups is 1. The highest BCUT2D eigenvalue weighted by Crippen LogP contribution is 2.48. The van der Waals surface area contributed by atoms with Crippen molar-refractivity contribution in [1.82, 2.24) is 20.3 Å². The van der Waals surface area contributed by atoms with Crippen molar-refractivity contribution in [3.63, 3.8) is 0 Å². The lowest BCUT2D eigenvalue weighted by atomic mass is 9.66. The van der Waals surface area contributed by atoms with E-state index in [1.54, 1.807) is 12.3 Å². The molecule has 2 N–H and O–H groups in total. The van der Waals surface area contributed by atoms with Crippen LogP contribution in [-0.4, -0.2) is 59.8 Å². The van der Waals surface area contributed by atoms with Crippen molar-refractivity contribution in [1.29, 1.82) is 0 Å². The molecule has 4 heterocycles. The fourth-order valence-electron chi connectivity index (χ4n) is 5.62. The molecule has 0 unspecified atom stereocenters. The second kappa shape index (κ2) is 9.90. The molecule has 1 saturated heterocycles. The highest BCUT2D eigenvalue weighted by molar-refractivity contribution is 7.90. The average Bonchev–Trinajstić information content (AvgIpc) is 3.36. The Morgan fingerprint density at radius 3 is 2.70 bits per heavy atom. The van der Waals surface area contributed by atoms with Gasteiger partial charge < -0.3 is 15.3 Å². The first-order valence-electron chi connectivity index (χ1n) is 13.0. The summed E-state index contributed by atoms with van der Waals surface area (Å²) in [5.41, 5.74) is 2.78. The minimum Gasteiger partial charge on any atom is -0.393 e. The molecule has 3 aromatic heterocycles. The predicted octanol–water partition coefficient (Wildman–Crippen LogP) is 3.52. The Bertz CT molecular complexity index is 1740. The molecule has 1 saturated carbocycles. The van der Waals surface area contributed by atoms with Crippen molar-refractivity contribution in [2.24, 2.45) is 5.41 Å². The largest absolute Gasteiger partial charge is 0.393 e. The number of rotatable bonds is 6. The number of pyridine rings is 3. The van der Waals surface area contributed by atoms with E-state index in [4.69, 9.17) is 9.97 Å². The highest BCUT2D eigenvalue weighted by atomic mass is 32.2. The Hall–Kier alpha value is -3.96. The van der Waals surface area contributed by atoms with Crippen LogP contribution in [0.1, 0.15) is 35.3 Å². The second-order valence-electron chi connectivity index (χ2n) is 10.8. The number of hydrogen-bond acceptors (Lipinski definition) is 8. The molecular weight excluding hydrogens is 533 g/mol. The number of halogens is 1. The van der Waals surface area contributed by atoms with Crippen LogP contribution in [0.5, 0.6) is 0 Å². The van der Waals surface area contributed by atoms with Crippen LogP contribution in [0.25, 0.3) is 22.3 Å². The molecule has 9 nitrogen and oxygen atoms in total. The SMILES string of the molecule is CS(=O)(=O)c1cc(F)cc(C(=O)NCc2cc3nc(-c4cccc(N5CCC6(CC(O)C6)C5)n4)ccc3cn2)c1. The van der Waals surface area contributed by atoms with Gasteiger partial charge in [-0.25, -0.2) is 22.8 Å². The summed E-state index contributed by atoms with van der Waals surface area (Å²) < 4.78 is 37.5. The quantitative estimate of drug-likeness (QED) is 0.366. The molecule has 40 heavy (non-hydrogen) atoms. The Labute approximate surface area is 231 Å². The van der Waals surface area contributed by atoms with Crippen LogP contribution in [0.4, 0.5) is 10.2 Å². The second-order valence-corrected chi connectivity index (χ2v) is 12.8. The van der Waals surface area contributed by atoms with E-state index >= 15 is 0 Å². The van der Waals surface area contributed by atoms with E-state index in [-0.39, 0.29) is 28.5 Å². The maximum absolute atomic E-state index is 13.9. The van der Waals surface area contributed by atoms with Gasteiger partial charge in [0.2, 0.25) is 0 Å². The van der Waals surface area contributed by atoms with Crippen molar-refractivity contribution < 1.29 is 22.7 Å². The van der Waals surface area contributed by atoms with E-state index in [1.165, 1.54) is 0 Å². The normalized spacial score (nSPS) is 20.6. The topological polar surface area (TPSA) is 125 Å².